The number of benzene rings is 1. The van der Waals surface area contributed by atoms with Crippen LogP contribution in [0.2, 0.25) is 5.02 Å². The fourth-order valence-corrected chi connectivity index (χ4v) is 6.46. The fraction of sp³-hybridized carbons (Fsp3) is 0.469. The maximum atomic E-state index is 12.6. The zero-order chi connectivity index (χ0) is 30.8. The Morgan fingerprint density at radius 2 is 2.11 bits per heavy atom. The van der Waals surface area contributed by atoms with Crippen molar-refractivity contribution < 1.29 is 14.3 Å². The van der Waals surface area contributed by atoms with Crippen molar-refractivity contribution in [3.63, 3.8) is 0 Å². The second kappa shape index (κ2) is 12.9. The average Bonchev–Trinajstić information content (AvgIpc) is 3.01. The quantitative estimate of drug-likeness (QED) is 0.265. The summed E-state index contributed by atoms with van der Waals surface area (Å²) in [6.45, 7) is 18.2. The normalized spacial score (nSPS) is 19.3. The number of fused-ring (bicyclic) bond motifs is 2. The average molecular weight is 617 g/mol. The van der Waals surface area contributed by atoms with Crippen molar-refractivity contribution in [2.45, 2.75) is 38.0 Å². The van der Waals surface area contributed by atoms with E-state index in [1.54, 1.807) is 4.90 Å². The number of ether oxygens (including phenoxy) is 2. The molecule has 2 atom stereocenters. The molecule has 5 heterocycles. The van der Waals surface area contributed by atoms with Gasteiger partial charge in [-0.25, -0.2) is 6.57 Å². The molecule has 3 aliphatic rings. The van der Waals surface area contributed by atoms with Gasteiger partial charge in [-0.2, -0.15) is 9.97 Å². The maximum Gasteiger partial charge on any atom is 0.318 e. The lowest BCUT2D eigenvalue weighted by Crippen LogP contribution is -2.56. The van der Waals surface area contributed by atoms with Gasteiger partial charge in [0.2, 0.25) is 12.5 Å². The second-order valence-electron chi connectivity index (χ2n) is 11.6. The number of anilines is 2. The van der Waals surface area contributed by atoms with E-state index in [0.29, 0.717) is 56.3 Å². The standard InChI is InChI=1S/C32H37ClN8O3/c1-5-29(42)41-12-11-40(16-23(41)14-34-3)31-25-9-10-39(28-15-35-13-22-7-6-8-26(33)30(22)28)17-27(25)36-32(37-31)44-18-21(2)38(4)24-19-43-20-24/h5-8,13,15,21,23-24H,1,9-12,14,16-20H2,2,4H3/t21-,23+/m1/s1. The van der Waals surface area contributed by atoms with Crippen molar-refractivity contribution >= 4 is 39.8 Å². The van der Waals surface area contributed by atoms with Crippen molar-refractivity contribution in [2.75, 3.05) is 69.4 Å². The van der Waals surface area contributed by atoms with E-state index in [4.69, 9.17) is 37.6 Å². The van der Waals surface area contributed by atoms with E-state index < -0.39 is 0 Å². The minimum absolute atomic E-state index is 0.142. The molecule has 0 aliphatic carbocycles. The van der Waals surface area contributed by atoms with Crippen LogP contribution in [0.15, 0.2) is 43.2 Å². The van der Waals surface area contributed by atoms with Crippen LogP contribution in [0.1, 0.15) is 18.2 Å². The Morgan fingerprint density at radius 1 is 1.27 bits per heavy atom. The van der Waals surface area contributed by atoms with Crippen LogP contribution in [0.5, 0.6) is 6.01 Å². The molecule has 2 fully saturated rings. The number of hydrogen-bond acceptors (Lipinski definition) is 9. The van der Waals surface area contributed by atoms with Crippen LogP contribution in [0, 0.1) is 6.57 Å². The smallest absolute Gasteiger partial charge is 0.318 e. The lowest BCUT2D eigenvalue weighted by molar-refractivity contribution is -0.128. The van der Waals surface area contributed by atoms with Gasteiger partial charge in [0.1, 0.15) is 18.5 Å². The molecular weight excluding hydrogens is 580 g/mol. The zero-order valence-electron chi connectivity index (χ0n) is 25.2. The molecule has 1 amide bonds. The summed E-state index contributed by atoms with van der Waals surface area (Å²) in [4.78, 5) is 39.0. The first-order chi connectivity index (χ1) is 21.4. The summed E-state index contributed by atoms with van der Waals surface area (Å²) in [7, 11) is 2.09. The lowest BCUT2D eigenvalue weighted by atomic mass is 10.0. The van der Waals surface area contributed by atoms with E-state index in [1.807, 2.05) is 30.6 Å². The first-order valence-electron chi connectivity index (χ1n) is 15.0. The largest absolute Gasteiger partial charge is 0.462 e. The molecule has 0 radical (unpaired) electrons. The Morgan fingerprint density at radius 3 is 2.86 bits per heavy atom. The summed E-state index contributed by atoms with van der Waals surface area (Å²) in [5.41, 5.74) is 2.92. The maximum absolute atomic E-state index is 12.6. The fourth-order valence-electron chi connectivity index (χ4n) is 6.18. The van der Waals surface area contributed by atoms with Crippen molar-refractivity contribution in [1.29, 1.82) is 0 Å². The van der Waals surface area contributed by atoms with Gasteiger partial charge in [0.15, 0.2) is 0 Å². The molecule has 12 heteroatoms. The summed E-state index contributed by atoms with van der Waals surface area (Å²) in [5.74, 6) is 0.660. The molecule has 11 nitrogen and oxygen atoms in total. The van der Waals surface area contributed by atoms with E-state index in [0.717, 1.165) is 53.3 Å². The van der Waals surface area contributed by atoms with Crippen molar-refractivity contribution in [3.8, 4) is 6.01 Å². The Balaban J connectivity index is 1.32. The highest BCUT2D eigenvalue weighted by Gasteiger charge is 2.35. The number of nitrogens with zero attached hydrogens (tertiary/aromatic N) is 8. The van der Waals surface area contributed by atoms with Crippen LogP contribution in [0.4, 0.5) is 11.5 Å². The van der Waals surface area contributed by atoms with E-state index in [9.17, 15) is 4.79 Å². The molecule has 0 N–H and O–H groups in total. The topological polar surface area (TPSA) is 91.5 Å². The molecule has 2 aromatic heterocycles. The predicted octanol–water partition coefficient (Wildman–Crippen LogP) is 3.46. The molecule has 230 valence electrons. The first kappa shape index (κ1) is 30.1. The van der Waals surface area contributed by atoms with E-state index in [1.165, 1.54) is 6.08 Å². The number of halogens is 1. The SMILES string of the molecule is [C-]#[N+]C[C@H]1CN(c2nc(OC[C@@H](C)N(C)C3COC3)nc3c2CCN(c2cncc4cccc(Cl)c24)C3)CCN1C(=O)C=C. The summed E-state index contributed by atoms with van der Waals surface area (Å²) in [6.07, 6.45) is 5.73. The minimum atomic E-state index is -0.260. The van der Waals surface area contributed by atoms with Gasteiger partial charge < -0.3 is 29.0 Å². The van der Waals surface area contributed by atoms with E-state index in [-0.39, 0.29) is 24.5 Å². The molecule has 3 aromatic rings. The van der Waals surface area contributed by atoms with Crippen LogP contribution in [-0.4, -0.2) is 108 Å². The van der Waals surface area contributed by atoms with Crippen LogP contribution >= 0.6 is 11.6 Å². The first-order valence-corrected chi connectivity index (χ1v) is 15.4. The lowest BCUT2D eigenvalue weighted by Gasteiger charge is -2.41. The van der Waals surface area contributed by atoms with Gasteiger partial charge in [0.25, 0.3) is 0 Å². The van der Waals surface area contributed by atoms with Gasteiger partial charge in [-0.1, -0.05) is 30.3 Å². The number of hydrogen-bond donors (Lipinski definition) is 0. The molecule has 0 saturated carbocycles. The number of likely N-dealkylation sites (N-methyl/N-ethyl adjacent to an activating group) is 1. The molecule has 0 spiro atoms. The summed E-state index contributed by atoms with van der Waals surface area (Å²) in [6, 6.07) is 6.45. The van der Waals surface area contributed by atoms with Gasteiger partial charge in [-0.3, -0.25) is 14.7 Å². The summed E-state index contributed by atoms with van der Waals surface area (Å²) >= 11 is 6.68. The van der Waals surface area contributed by atoms with Crippen LogP contribution in [0.3, 0.4) is 0 Å². The number of pyridine rings is 1. The molecule has 2 saturated heterocycles. The third kappa shape index (κ3) is 5.89. The van der Waals surface area contributed by atoms with Crippen molar-refractivity contribution in [2.24, 2.45) is 0 Å². The highest BCUT2D eigenvalue weighted by atomic mass is 35.5. The summed E-state index contributed by atoms with van der Waals surface area (Å²) in [5, 5.41) is 2.65. The monoisotopic (exact) mass is 616 g/mol. The third-order valence-electron chi connectivity index (χ3n) is 8.96. The van der Waals surface area contributed by atoms with Gasteiger partial charge in [-0.05, 0) is 32.5 Å². The molecule has 44 heavy (non-hydrogen) atoms. The number of aromatic nitrogens is 3. The highest BCUT2D eigenvalue weighted by Crippen LogP contribution is 2.36. The number of rotatable bonds is 9. The Kier molecular flexibility index (Phi) is 8.84. The van der Waals surface area contributed by atoms with Crippen LogP contribution in [-0.2, 0) is 22.5 Å². The van der Waals surface area contributed by atoms with E-state index in [2.05, 4.69) is 45.1 Å². The highest BCUT2D eigenvalue weighted by molar-refractivity contribution is 6.36. The molecule has 0 bridgehead atoms. The zero-order valence-corrected chi connectivity index (χ0v) is 25.9. The van der Waals surface area contributed by atoms with E-state index >= 15 is 0 Å². The Labute approximate surface area is 262 Å². The second-order valence-corrected chi connectivity index (χ2v) is 12.0. The predicted molar refractivity (Wildman–Crippen MR) is 170 cm³/mol. The Bertz CT molecular complexity index is 1590. The third-order valence-corrected chi connectivity index (χ3v) is 9.28. The number of amides is 1. The van der Waals surface area contributed by atoms with Gasteiger partial charge in [-0.15, -0.1) is 0 Å². The van der Waals surface area contributed by atoms with Crippen LogP contribution < -0.4 is 14.5 Å². The Hall–Kier alpha value is -3.98. The minimum Gasteiger partial charge on any atom is -0.462 e. The molecule has 3 aliphatic heterocycles. The van der Waals surface area contributed by atoms with Gasteiger partial charge >= 0.3 is 6.01 Å². The molecule has 0 unspecified atom stereocenters. The van der Waals surface area contributed by atoms with Gasteiger partial charge in [0.05, 0.1) is 48.4 Å². The van der Waals surface area contributed by atoms with Gasteiger partial charge in [0, 0.05) is 54.8 Å². The number of carbonyl (C=O) groups is 1. The number of carbonyl (C=O) groups excluding carboxylic acids is 1. The number of piperazine rings is 1. The molecule has 1 aromatic carbocycles. The van der Waals surface area contributed by atoms with Crippen LogP contribution in [0.25, 0.3) is 15.6 Å². The molecule has 6 rings (SSSR count). The summed E-state index contributed by atoms with van der Waals surface area (Å²) < 4.78 is 11.6. The molecular formula is C32H37ClN8O3. The van der Waals surface area contributed by atoms with Crippen molar-refractivity contribution in [3.05, 3.63) is 70.9 Å². The van der Waals surface area contributed by atoms with Crippen molar-refractivity contribution in [1.82, 2.24) is 24.8 Å².